The second-order valence-electron chi connectivity index (χ2n) is 6.75. The van der Waals surface area contributed by atoms with Crippen molar-refractivity contribution in [2.24, 2.45) is 0 Å². The largest absolute Gasteiger partial charge is 0.338 e. The molecule has 2 aliphatic rings. The van der Waals surface area contributed by atoms with Gasteiger partial charge in [-0.1, -0.05) is 13.0 Å². The van der Waals surface area contributed by atoms with E-state index in [1.54, 1.807) is 12.1 Å². The van der Waals surface area contributed by atoms with E-state index in [1.807, 2.05) is 17.9 Å². The molecule has 0 N–H and O–H groups in total. The van der Waals surface area contributed by atoms with Crippen LogP contribution in [0.3, 0.4) is 0 Å². The smallest absolute Gasteiger partial charge is 0.222 e. The van der Waals surface area contributed by atoms with E-state index >= 15 is 0 Å². The minimum absolute atomic E-state index is 0.230. The predicted molar refractivity (Wildman–Crippen MR) is 89.6 cm³/mol. The molecular formula is C19H24FN3O. The van der Waals surface area contributed by atoms with E-state index in [0.29, 0.717) is 30.1 Å². The summed E-state index contributed by atoms with van der Waals surface area (Å²) in [6.07, 6.45) is 4.81. The molecule has 0 aromatic heterocycles. The zero-order chi connectivity index (χ0) is 17.1. The van der Waals surface area contributed by atoms with E-state index in [0.717, 1.165) is 38.8 Å². The number of halogens is 1. The molecular weight excluding hydrogens is 305 g/mol. The fourth-order valence-corrected chi connectivity index (χ4v) is 4.15. The van der Waals surface area contributed by atoms with Crippen molar-refractivity contribution in [3.63, 3.8) is 0 Å². The highest BCUT2D eigenvalue weighted by Gasteiger charge is 2.39. The van der Waals surface area contributed by atoms with Gasteiger partial charge in [0.25, 0.3) is 0 Å². The molecule has 2 heterocycles. The number of hydrogen-bond acceptors (Lipinski definition) is 3. The summed E-state index contributed by atoms with van der Waals surface area (Å²) < 4.78 is 14.2. The molecule has 3 rings (SSSR count). The lowest BCUT2D eigenvalue weighted by molar-refractivity contribution is -0.132. The first-order valence-electron chi connectivity index (χ1n) is 8.86. The van der Waals surface area contributed by atoms with Gasteiger partial charge >= 0.3 is 0 Å². The Labute approximate surface area is 142 Å². The Kier molecular flexibility index (Phi) is 5.15. The fourth-order valence-electron chi connectivity index (χ4n) is 4.15. The number of benzene rings is 1. The maximum atomic E-state index is 14.2. The first-order valence-corrected chi connectivity index (χ1v) is 8.86. The van der Waals surface area contributed by atoms with E-state index in [-0.39, 0.29) is 17.8 Å². The molecule has 128 valence electrons. The highest BCUT2D eigenvalue weighted by molar-refractivity contribution is 5.76. The number of nitrogens with zero attached hydrogens (tertiary/aromatic N) is 3. The summed E-state index contributed by atoms with van der Waals surface area (Å²) in [5, 5.41) is 8.86. The number of likely N-dealkylation sites (tertiary alicyclic amines) is 2. The van der Waals surface area contributed by atoms with E-state index in [2.05, 4.69) is 4.90 Å². The van der Waals surface area contributed by atoms with Crippen LogP contribution in [-0.4, -0.2) is 40.9 Å². The molecule has 1 aromatic rings. The second-order valence-corrected chi connectivity index (χ2v) is 6.75. The Balaban J connectivity index is 1.74. The molecule has 4 nitrogen and oxygen atoms in total. The minimum atomic E-state index is -0.312. The molecule has 5 heteroatoms. The van der Waals surface area contributed by atoms with Crippen LogP contribution in [0.4, 0.5) is 4.39 Å². The maximum Gasteiger partial charge on any atom is 0.222 e. The van der Waals surface area contributed by atoms with E-state index in [9.17, 15) is 9.18 Å². The first-order chi connectivity index (χ1) is 11.6. The molecule has 0 saturated carbocycles. The summed E-state index contributed by atoms with van der Waals surface area (Å²) in [7, 11) is 0. The van der Waals surface area contributed by atoms with Crippen LogP contribution in [-0.2, 0) is 11.3 Å². The third-order valence-corrected chi connectivity index (χ3v) is 5.34. The van der Waals surface area contributed by atoms with Gasteiger partial charge in [0.1, 0.15) is 5.82 Å². The van der Waals surface area contributed by atoms with Crippen molar-refractivity contribution in [2.45, 2.75) is 57.7 Å². The number of rotatable bonds is 4. The number of carbonyl (C=O) groups is 1. The lowest BCUT2D eigenvalue weighted by atomic mass is 10.0. The summed E-state index contributed by atoms with van der Waals surface area (Å²) in [5.41, 5.74) is 0.983. The van der Waals surface area contributed by atoms with Gasteiger partial charge in [0, 0.05) is 37.2 Å². The lowest BCUT2D eigenvalue weighted by Gasteiger charge is -2.35. The van der Waals surface area contributed by atoms with Crippen LogP contribution in [0.1, 0.15) is 50.2 Å². The average Bonchev–Trinajstić information content (AvgIpc) is 3.24. The Hall–Kier alpha value is -1.93. The topological polar surface area (TPSA) is 47.3 Å². The molecule has 2 fully saturated rings. The van der Waals surface area contributed by atoms with Crippen molar-refractivity contribution in [1.29, 1.82) is 5.26 Å². The van der Waals surface area contributed by atoms with E-state index in [1.165, 1.54) is 6.07 Å². The van der Waals surface area contributed by atoms with Gasteiger partial charge in [0.05, 0.1) is 11.6 Å². The normalized spacial score (nSPS) is 24.3. The highest BCUT2D eigenvalue weighted by atomic mass is 19.1. The Morgan fingerprint density at radius 3 is 2.75 bits per heavy atom. The van der Waals surface area contributed by atoms with Gasteiger partial charge in [-0.25, -0.2) is 4.39 Å². The van der Waals surface area contributed by atoms with Crippen LogP contribution in [0.15, 0.2) is 18.2 Å². The van der Waals surface area contributed by atoms with Crippen molar-refractivity contribution in [2.75, 3.05) is 13.1 Å². The molecule has 1 aromatic carbocycles. The van der Waals surface area contributed by atoms with Crippen molar-refractivity contribution in [3.05, 3.63) is 35.1 Å². The Morgan fingerprint density at radius 2 is 2.04 bits per heavy atom. The summed E-state index contributed by atoms with van der Waals surface area (Å²) in [6, 6.07) is 7.25. The zero-order valence-corrected chi connectivity index (χ0v) is 14.2. The summed E-state index contributed by atoms with van der Waals surface area (Å²) in [4.78, 5) is 16.5. The standard InChI is InChI=1S/C19H24FN3O/c1-2-19(24)23-10-4-6-18(23)17-5-3-9-22(17)13-15-8-7-14(12-21)11-16(15)20/h7-8,11,17-18H,2-6,9-10,13H2,1H3/t17-,18+/m1/s1. The first kappa shape index (κ1) is 16.9. The van der Waals surface area contributed by atoms with Crippen molar-refractivity contribution >= 4 is 5.91 Å². The summed E-state index contributed by atoms with van der Waals surface area (Å²) in [6.45, 7) is 4.25. The van der Waals surface area contributed by atoms with Gasteiger partial charge in [0.15, 0.2) is 0 Å². The van der Waals surface area contributed by atoms with E-state index in [4.69, 9.17) is 5.26 Å². The van der Waals surface area contributed by atoms with Gasteiger partial charge in [0.2, 0.25) is 5.91 Å². The van der Waals surface area contributed by atoms with Crippen LogP contribution in [0.5, 0.6) is 0 Å². The minimum Gasteiger partial charge on any atom is -0.338 e. The van der Waals surface area contributed by atoms with Gasteiger partial charge < -0.3 is 4.90 Å². The number of nitriles is 1. The average molecular weight is 329 g/mol. The third-order valence-electron chi connectivity index (χ3n) is 5.34. The number of hydrogen-bond donors (Lipinski definition) is 0. The van der Waals surface area contributed by atoms with Crippen molar-refractivity contribution in [1.82, 2.24) is 9.80 Å². The van der Waals surface area contributed by atoms with Crippen LogP contribution < -0.4 is 0 Å². The molecule has 1 amide bonds. The van der Waals surface area contributed by atoms with Crippen LogP contribution in [0, 0.1) is 17.1 Å². The molecule has 0 radical (unpaired) electrons. The molecule has 0 unspecified atom stereocenters. The molecule has 2 saturated heterocycles. The third kappa shape index (κ3) is 3.29. The maximum absolute atomic E-state index is 14.2. The predicted octanol–water partition coefficient (Wildman–Crippen LogP) is 3.06. The Bertz CT molecular complexity index is 655. The number of carbonyl (C=O) groups excluding carboxylic acids is 1. The molecule has 2 aliphatic heterocycles. The highest BCUT2D eigenvalue weighted by Crippen LogP contribution is 2.31. The summed E-state index contributed by atoms with van der Waals surface area (Å²) in [5.74, 6) is -0.0819. The fraction of sp³-hybridized carbons (Fsp3) is 0.579. The second kappa shape index (κ2) is 7.31. The summed E-state index contributed by atoms with van der Waals surface area (Å²) >= 11 is 0. The molecule has 0 spiro atoms. The Morgan fingerprint density at radius 1 is 1.29 bits per heavy atom. The van der Waals surface area contributed by atoms with Gasteiger partial charge in [-0.05, 0) is 44.4 Å². The van der Waals surface area contributed by atoms with Crippen LogP contribution >= 0.6 is 0 Å². The van der Waals surface area contributed by atoms with Crippen LogP contribution in [0.25, 0.3) is 0 Å². The molecule has 0 bridgehead atoms. The monoisotopic (exact) mass is 329 g/mol. The van der Waals surface area contributed by atoms with Crippen LogP contribution in [0.2, 0.25) is 0 Å². The van der Waals surface area contributed by atoms with E-state index < -0.39 is 0 Å². The van der Waals surface area contributed by atoms with Gasteiger partial charge in [-0.15, -0.1) is 0 Å². The number of amides is 1. The van der Waals surface area contributed by atoms with Gasteiger partial charge in [-0.2, -0.15) is 5.26 Å². The van der Waals surface area contributed by atoms with Crippen molar-refractivity contribution < 1.29 is 9.18 Å². The SMILES string of the molecule is CCC(=O)N1CCC[C@H]1[C@H]1CCCN1Cc1ccc(C#N)cc1F. The molecule has 2 atom stereocenters. The van der Waals surface area contributed by atoms with Crippen molar-refractivity contribution in [3.8, 4) is 6.07 Å². The quantitative estimate of drug-likeness (QED) is 0.853. The zero-order valence-electron chi connectivity index (χ0n) is 14.2. The lowest BCUT2D eigenvalue weighted by Crippen LogP contribution is -2.47. The van der Waals surface area contributed by atoms with Gasteiger partial charge in [-0.3, -0.25) is 9.69 Å². The molecule has 24 heavy (non-hydrogen) atoms. The molecule has 0 aliphatic carbocycles.